The normalized spacial score (nSPS) is 27.3. The van der Waals surface area contributed by atoms with E-state index in [1.165, 1.54) is 0 Å². The van der Waals surface area contributed by atoms with E-state index in [9.17, 15) is 0 Å². The summed E-state index contributed by atoms with van der Waals surface area (Å²) in [6, 6.07) is 0.642. The predicted molar refractivity (Wildman–Crippen MR) is 43.2 cm³/mol. The van der Waals surface area contributed by atoms with Crippen molar-refractivity contribution in [3.05, 3.63) is 0 Å². The Kier molecular flexibility index (Phi) is 3.12. The Morgan fingerprint density at radius 3 is 2.70 bits per heavy atom. The topological polar surface area (TPSA) is 27.3 Å². The van der Waals surface area contributed by atoms with Crippen LogP contribution in [0.1, 0.15) is 0 Å². The smallest absolute Gasteiger partial charge is 0.0320 e. The second-order valence-electron chi connectivity index (χ2n) is 3.12. The molecule has 3 nitrogen and oxygen atoms in total. The van der Waals surface area contributed by atoms with Gasteiger partial charge >= 0.3 is 0 Å². The molecule has 0 unspecified atom stereocenters. The Hall–Kier alpha value is -0.120. The molecule has 0 aliphatic carbocycles. The molecule has 3 heteroatoms. The van der Waals surface area contributed by atoms with Gasteiger partial charge in [0, 0.05) is 32.2 Å². The average molecular weight is 143 g/mol. The van der Waals surface area contributed by atoms with Crippen molar-refractivity contribution in [3.63, 3.8) is 0 Å². The van der Waals surface area contributed by atoms with E-state index in [-0.39, 0.29) is 0 Å². The van der Waals surface area contributed by atoms with E-state index in [1.54, 1.807) is 0 Å². The predicted octanol–water partition coefficient (Wildman–Crippen LogP) is -0.891. The first-order valence-corrected chi connectivity index (χ1v) is 3.88. The van der Waals surface area contributed by atoms with Gasteiger partial charge < -0.3 is 15.5 Å². The first-order valence-electron chi connectivity index (χ1n) is 3.88. The Balaban J connectivity index is 2.13. The fourth-order valence-electron chi connectivity index (χ4n) is 1.28. The number of hydrogen-bond acceptors (Lipinski definition) is 3. The van der Waals surface area contributed by atoms with Crippen LogP contribution in [0.2, 0.25) is 0 Å². The van der Waals surface area contributed by atoms with E-state index in [0.29, 0.717) is 6.04 Å². The second kappa shape index (κ2) is 3.91. The lowest BCUT2D eigenvalue weighted by molar-refractivity contribution is 0.309. The van der Waals surface area contributed by atoms with Crippen LogP contribution in [0.25, 0.3) is 0 Å². The molecule has 1 heterocycles. The van der Waals surface area contributed by atoms with Gasteiger partial charge in [0.2, 0.25) is 0 Å². The van der Waals surface area contributed by atoms with Crippen molar-refractivity contribution in [1.82, 2.24) is 15.5 Å². The quantitative estimate of drug-likeness (QED) is 0.525. The van der Waals surface area contributed by atoms with Crippen molar-refractivity contribution in [1.29, 1.82) is 0 Å². The largest absolute Gasteiger partial charge is 0.314 e. The molecule has 1 rings (SSSR count). The van der Waals surface area contributed by atoms with Crippen molar-refractivity contribution in [2.45, 2.75) is 6.04 Å². The Bertz CT molecular complexity index is 86.9. The Morgan fingerprint density at radius 2 is 2.20 bits per heavy atom. The van der Waals surface area contributed by atoms with Crippen molar-refractivity contribution in [2.24, 2.45) is 0 Å². The maximum Gasteiger partial charge on any atom is 0.0320 e. The number of piperazine rings is 1. The molecule has 0 saturated carbocycles. The van der Waals surface area contributed by atoms with Gasteiger partial charge in [0.15, 0.2) is 0 Å². The number of nitrogens with zero attached hydrogens (tertiary/aromatic N) is 1. The standard InChI is InChI=1S/C7H17N3/c1-10(2)6-7-5-8-3-4-9-7/h7-9H,3-6H2,1-2H3/t7-/m1/s1. The molecule has 1 aliphatic heterocycles. The molecule has 0 aromatic heterocycles. The first kappa shape index (κ1) is 7.98. The summed E-state index contributed by atoms with van der Waals surface area (Å²) in [6.07, 6.45) is 0. The van der Waals surface area contributed by atoms with E-state index < -0.39 is 0 Å². The lowest BCUT2D eigenvalue weighted by Gasteiger charge is -2.26. The van der Waals surface area contributed by atoms with Crippen LogP contribution in [0.5, 0.6) is 0 Å². The molecule has 0 aromatic rings. The third kappa shape index (κ3) is 2.64. The van der Waals surface area contributed by atoms with E-state index in [4.69, 9.17) is 0 Å². The van der Waals surface area contributed by atoms with Gasteiger partial charge in [-0.25, -0.2) is 0 Å². The highest BCUT2D eigenvalue weighted by atomic mass is 15.1. The van der Waals surface area contributed by atoms with E-state index in [1.807, 2.05) is 0 Å². The van der Waals surface area contributed by atoms with Crippen LogP contribution in [-0.4, -0.2) is 51.2 Å². The maximum absolute atomic E-state index is 3.45. The van der Waals surface area contributed by atoms with Crippen LogP contribution in [0.4, 0.5) is 0 Å². The fraction of sp³-hybridized carbons (Fsp3) is 1.00. The van der Waals surface area contributed by atoms with E-state index in [0.717, 1.165) is 26.2 Å². The molecular formula is C7H17N3. The van der Waals surface area contributed by atoms with Gasteiger partial charge in [-0.05, 0) is 14.1 Å². The van der Waals surface area contributed by atoms with Gasteiger partial charge in [-0.3, -0.25) is 0 Å². The number of rotatable bonds is 2. The van der Waals surface area contributed by atoms with Crippen LogP contribution in [0.15, 0.2) is 0 Å². The summed E-state index contributed by atoms with van der Waals surface area (Å²) in [4.78, 5) is 2.21. The summed E-state index contributed by atoms with van der Waals surface area (Å²) < 4.78 is 0. The molecule has 1 atom stereocenters. The summed E-state index contributed by atoms with van der Waals surface area (Å²) in [5, 5.41) is 6.80. The maximum atomic E-state index is 3.45. The average Bonchev–Trinajstić information content (AvgIpc) is 1.88. The molecule has 0 amide bonds. The third-order valence-corrected chi connectivity index (χ3v) is 1.71. The number of likely N-dealkylation sites (N-methyl/N-ethyl adjacent to an activating group) is 1. The molecule has 60 valence electrons. The highest BCUT2D eigenvalue weighted by Gasteiger charge is 2.11. The summed E-state index contributed by atoms with van der Waals surface area (Å²) in [5.41, 5.74) is 0. The number of hydrogen-bond donors (Lipinski definition) is 2. The minimum atomic E-state index is 0.642. The lowest BCUT2D eigenvalue weighted by atomic mass is 10.2. The molecule has 1 aliphatic rings. The van der Waals surface area contributed by atoms with Gasteiger partial charge in [0.1, 0.15) is 0 Å². The van der Waals surface area contributed by atoms with Crippen molar-refractivity contribution in [2.75, 3.05) is 40.3 Å². The lowest BCUT2D eigenvalue weighted by Crippen LogP contribution is -2.52. The summed E-state index contributed by atoms with van der Waals surface area (Å²) in [5.74, 6) is 0. The summed E-state index contributed by atoms with van der Waals surface area (Å²) >= 11 is 0. The van der Waals surface area contributed by atoms with Crippen LogP contribution in [-0.2, 0) is 0 Å². The molecule has 0 spiro atoms. The molecule has 0 radical (unpaired) electrons. The van der Waals surface area contributed by atoms with E-state index >= 15 is 0 Å². The van der Waals surface area contributed by atoms with Crippen LogP contribution in [0, 0.1) is 0 Å². The monoisotopic (exact) mass is 143 g/mol. The van der Waals surface area contributed by atoms with Crippen molar-refractivity contribution in [3.8, 4) is 0 Å². The van der Waals surface area contributed by atoms with Crippen LogP contribution in [0.3, 0.4) is 0 Å². The molecule has 0 aromatic carbocycles. The molecule has 1 saturated heterocycles. The van der Waals surface area contributed by atoms with Gasteiger partial charge in [0.25, 0.3) is 0 Å². The molecule has 1 fully saturated rings. The highest BCUT2D eigenvalue weighted by Crippen LogP contribution is 1.88. The van der Waals surface area contributed by atoms with Crippen LogP contribution >= 0.6 is 0 Å². The zero-order chi connectivity index (χ0) is 7.40. The molecular weight excluding hydrogens is 126 g/mol. The molecule has 10 heavy (non-hydrogen) atoms. The zero-order valence-corrected chi connectivity index (χ0v) is 6.85. The Morgan fingerprint density at radius 1 is 1.40 bits per heavy atom. The van der Waals surface area contributed by atoms with Crippen LogP contribution < -0.4 is 10.6 Å². The van der Waals surface area contributed by atoms with Gasteiger partial charge in [-0.1, -0.05) is 0 Å². The van der Waals surface area contributed by atoms with Gasteiger partial charge in [-0.15, -0.1) is 0 Å². The zero-order valence-electron chi connectivity index (χ0n) is 6.85. The van der Waals surface area contributed by atoms with Gasteiger partial charge in [-0.2, -0.15) is 0 Å². The highest BCUT2D eigenvalue weighted by molar-refractivity contribution is 4.76. The van der Waals surface area contributed by atoms with E-state index in [2.05, 4.69) is 29.6 Å². The van der Waals surface area contributed by atoms with Crippen molar-refractivity contribution >= 4 is 0 Å². The molecule has 2 N–H and O–H groups in total. The second-order valence-corrected chi connectivity index (χ2v) is 3.12. The third-order valence-electron chi connectivity index (χ3n) is 1.71. The number of nitrogens with one attached hydrogen (secondary N) is 2. The minimum Gasteiger partial charge on any atom is -0.314 e. The SMILES string of the molecule is CN(C)C[C@H]1CNCCN1. The summed E-state index contributed by atoms with van der Waals surface area (Å²) in [6.45, 7) is 4.47. The van der Waals surface area contributed by atoms with Crippen molar-refractivity contribution < 1.29 is 0 Å². The Labute approximate surface area is 62.8 Å². The van der Waals surface area contributed by atoms with Gasteiger partial charge in [0.05, 0.1) is 0 Å². The first-order chi connectivity index (χ1) is 4.79. The fourth-order valence-corrected chi connectivity index (χ4v) is 1.28. The molecule has 0 bridgehead atoms. The minimum absolute atomic E-state index is 0.642. The summed E-state index contributed by atoms with van der Waals surface area (Å²) in [7, 11) is 4.21.